The third-order valence-corrected chi connectivity index (χ3v) is 7.49. The van der Waals surface area contributed by atoms with Gasteiger partial charge in [-0.2, -0.15) is 4.57 Å². The van der Waals surface area contributed by atoms with Crippen LogP contribution in [0.1, 0.15) is 25.3 Å². The van der Waals surface area contributed by atoms with E-state index in [1.807, 2.05) is 0 Å². The van der Waals surface area contributed by atoms with Crippen molar-refractivity contribution in [2.45, 2.75) is 44.7 Å². The molecule has 2 aromatic heterocycles. The van der Waals surface area contributed by atoms with Gasteiger partial charge in [-0.3, -0.25) is 9.69 Å². The minimum Gasteiger partial charge on any atom is -0.481 e. The average molecular weight is 643 g/mol. The van der Waals surface area contributed by atoms with E-state index in [1.54, 1.807) is 31.2 Å². The van der Waals surface area contributed by atoms with Crippen molar-refractivity contribution in [3.8, 4) is 5.69 Å². The van der Waals surface area contributed by atoms with E-state index in [1.165, 1.54) is 42.7 Å². The maximum absolute atomic E-state index is 15.2. The van der Waals surface area contributed by atoms with Crippen LogP contribution < -0.4 is 9.58 Å². The Morgan fingerprint density at radius 1 is 1.09 bits per heavy atom. The number of hydrogen-bond acceptors (Lipinski definition) is 10. The van der Waals surface area contributed by atoms with Crippen LogP contribution in [0.2, 0.25) is 0 Å². The number of carboxylic acids is 1. The number of ether oxygens (including phenoxy) is 2. The summed E-state index contributed by atoms with van der Waals surface area (Å²) in [5.41, 5.74) is -1.08. The van der Waals surface area contributed by atoms with E-state index in [2.05, 4.69) is 20.6 Å². The van der Waals surface area contributed by atoms with Gasteiger partial charge in [-0.25, -0.2) is 23.1 Å². The molecule has 1 aliphatic heterocycles. The van der Waals surface area contributed by atoms with Gasteiger partial charge in [0.05, 0.1) is 18.3 Å². The fourth-order valence-corrected chi connectivity index (χ4v) is 5.07. The second-order valence-corrected chi connectivity index (χ2v) is 10.5. The molecule has 2 atom stereocenters. The standard InChI is InChI=1S/C28H29F2N9O7/c1-19(37-10-11-38(26(37)42)21-5-7-22(8-6-21)39-15-31-33-34-39)28(44,23-9-4-20(29)13-24(23)30)14-36-17-35(16-32-36)18-46-27(43)45-12-2-3-25(40)41/h4-9,13,15-17,19,44H,2-3,10-12,14,18H2,1H3/p+1/t19-,28-/m1/s1. The normalized spacial score (nSPS) is 15.1. The van der Waals surface area contributed by atoms with E-state index in [9.17, 15) is 23.9 Å². The lowest BCUT2D eigenvalue weighted by Crippen LogP contribution is -2.58. The third-order valence-electron chi connectivity index (χ3n) is 7.49. The molecule has 2 N–H and O–H groups in total. The van der Waals surface area contributed by atoms with Crippen molar-refractivity contribution in [1.82, 2.24) is 34.8 Å². The first-order valence-electron chi connectivity index (χ1n) is 14.1. The van der Waals surface area contributed by atoms with Crippen LogP contribution in [-0.2, 0) is 33.1 Å². The molecule has 0 bridgehead atoms. The lowest BCUT2D eigenvalue weighted by Gasteiger charge is -2.38. The number of benzene rings is 2. The van der Waals surface area contributed by atoms with Crippen LogP contribution in [-0.4, -0.2) is 88.9 Å². The fourth-order valence-electron chi connectivity index (χ4n) is 5.07. The van der Waals surface area contributed by atoms with Crippen molar-refractivity contribution in [3.63, 3.8) is 0 Å². The number of aliphatic carboxylic acids is 1. The molecule has 16 nitrogen and oxygen atoms in total. The molecule has 5 rings (SSSR count). The zero-order valence-corrected chi connectivity index (χ0v) is 24.5. The van der Waals surface area contributed by atoms with E-state index in [0.717, 1.165) is 12.1 Å². The summed E-state index contributed by atoms with van der Waals surface area (Å²) < 4.78 is 42.9. The minimum atomic E-state index is -2.10. The van der Waals surface area contributed by atoms with E-state index in [0.29, 0.717) is 17.4 Å². The molecule has 1 saturated heterocycles. The van der Waals surface area contributed by atoms with Crippen molar-refractivity contribution in [2.75, 3.05) is 24.6 Å². The minimum absolute atomic E-state index is 0.123. The summed E-state index contributed by atoms with van der Waals surface area (Å²) in [6.45, 7) is 1.20. The van der Waals surface area contributed by atoms with E-state index in [4.69, 9.17) is 14.6 Å². The zero-order valence-electron chi connectivity index (χ0n) is 24.5. The van der Waals surface area contributed by atoms with E-state index < -0.39 is 41.4 Å². The van der Waals surface area contributed by atoms with Crippen molar-refractivity contribution >= 4 is 23.8 Å². The van der Waals surface area contributed by atoms with Gasteiger partial charge >= 0.3 is 18.2 Å². The number of rotatable bonds is 13. The second kappa shape index (κ2) is 13.6. The van der Waals surface area contributed by atoms with Gasteiger partial charge in [0.15, 0.2) is 5.60 Å². The highest BCUT2D eigenvalue weighted by atomic mass is 19.1. The van der Waals surface area contributed by atoms with Crippen molar-refractivity contribution in [3.05, 3.63) is 78.6 Å². The molecule has 46 heavy (non-hydrogen) atoms. The summed E-state index contributed by atoms with van der Waals surface area (Å²) >= 11 is 0. The summed E-state index contributed by atoms with van der Waals surface area (Å²) in [6.07, 6.45) is 3.03. The van der Waals surface area contributed by atoms with Crippen molar-refractivity contribution in [2.24, 2.45) is 0 Å². The highest BCUT2D eigenvalue weighted by Crippen LogP contribution is 2.34. The van der Waals surface area contributed by atoms with Crippen LogP contribution in [0.25, 0.3) is 5.69 Å². The highest BCUT2D eigenvalue weighted by Gasteiger charge is 2.48. The Balaban J connectivity index is 1.31. The van der Waals surface area contributed by atoms with Crippen LogP contribution in [0.3, 0.4) is 0 Å². The Morgan fingerprint density at radius 3 is 2.54 bits per heavy atom. The van der Waals surface area contributed by atoms with Gasteiger partial charge in [0.2, 0.25) is 13.1 Å². The smallest absolute Gasteiger partial charge is 0.481 e. The molecule has 2 aromatic carbocycles. The largest absolute Gasteiger partial charge is 0.511 e. The Bertz CT molecular complexity index is 1690. The maximum atomic E-state index is 15.2. The third kappa shape index (κ3) is 7.06. The molecule has 0 aliphatic carbocycles. The molecule has 4 aromatic rings. The fraction of sp³-hybridized carbons (Fsp3) is 0.357. The number of carbonyl (C=O) groups excluding carboxylic acids is 2. The van der Waals surface area contributed by atoms with E-state index in [-0.39, 0.29) is 51.4 Å². The second-order valence-electron chi connectivity index (χ2n) is 10.5. The molecule has 1 aliphatic rings. The van der Waals surface area contributed by atoms with Crippen LogP contribution in [0.15, 0.2) is 61.4 Å². The molecule has 0 unspecified atom stereocenters. The molecule has 0 spiro atoms. The highest BCUT2D eigenvalue weighted by molar-refractivity contribution is 5.94. The predicted molar refractivity (Wildman–Crippen MR) is 150 cm³/mol. The number of urea groups is 1. The zero-order chi connectivity index (χ0) is 32.8. The maximum Gasteiger partial charge on any atom is 0.511 e. The first-order chi connectivity index (χ1) is 22.0. The summed E-state index contributed by atoms with van der Waals surface area (Å²) in [5.74, 6) is -2.87. The first-order valence-corrected chi connectivity index (χ1v) is 14.1. The van der Waals surface area contributed by atoms with Crippen LogP contribution in [0.5, 0.6) is 0 Å². The summed E-state index contributed by atoms with van der Waals surface area (Å²) in [4.78, 5) is 38.9. The van der Waals surface area contributed by atoms with Gasteiger partial charge in [0, 0.05) is 36.8 Å². The Labute approximate surface area is 260 Å². The molecule has 1 fully saturated rings. The average Bonchev–Trinajstić information content (AvgIpc) is 3.80. The molecule has 2 amide bonds. The number of aliphatic hydroxyl groups is 1. The number of amides is 2. The van der Waals surface area contributed by atoms with Gasteiger partial charge in [0.1, 0.15) is 24.5 Å². The van der Waals surface area contributed by atoms with Crippen molar-refractivity contribution in [1.29, 1.82) is 0 Å². The molecular formula is C28H30F2N9O7+. The SMILES string of the molecule is C[C@@H](N1CCN(c2ccc(-n3cnnn3)cc2)C1=O)[C@](O)(C[n+]1cn(COC(=O)OCCCC(=O)O)cn1)c1ccc(F)cc1F. The van der Waals surface area contributed by atoms with Gasteiger partial charge in [-0.05, 0) is 59.2 Å². The first kappa shape index (κ1) is 31.9. The molecule has 242 valence electrons. The van der Waals surface area contributed by atoms with Crippen LogP contribution in [0, 0.1) is 11.6 Å². The van der Waals surface area contributed by atoms with Gasteiger partial charge in [-0.15, -0.1) is 9.78 Å². The molecular weight excluding hydrogens is 612 g/mol. The van der Waals surface area contributed by atoms with Gasteiger partial charge in [0.25, 0.3) is 6.33 Å². The number of carbonyl (C=O) groups is 3. The van der Waals surface area contributed by atoms with Crippen LogP contribution >= 0.6 is 0 Å². The molecule has 0 radical (unpaired) electrons. The number of carboxylic acid groups (broad SMARTS) is 1. The monoisotopic (exact) mass is 642 g/mol. The lowest BCUT2D eigenvalue weighted by atomic mass is 9.85. The Hall–Kier alpha value is -5.52. The number of nitrogens with zero attached hydrogens (tertiary/aromatic N) is 9. The Morgan fingerprint density at radius 2 is 1.85 bits per heavy atom. The topological polar surface area (TPSA) is 182 Å². The van der Waals surface area contributed by atoms with E-state index >= 15 is 4.39 Å². The molecule has 3 heterocycles. The summed E-state index contributed by atoms with van der Waals surface area (Å²) in [6, 6.07) is 8.26. The lowest BCUT2D eigenvalue weighted by molar-refractivity contribution is -0.765. The number of anilines is 1. The number of tetrazole rings is 1. The quantitative estimate of drug-likeness (QED) is 0.123. The summed E-state index contributed by atoms with van der Waals surface area (Å²) in [5, 5.41) is 36.0. The molecule has 18 heteroatoms. The van der Waals surface area contributed by atoms with Gasteiger partial charge in [-0.1, -0.05) is 6.07 Å². The Kier molecular flexibility index (Phi) is 9.45. The number of aromatic nitrogens is 7. The number of halogens is 2. The van der Waals surface area contributed by atoms with Crippen LogP contribution in [0.4, 0.5) is 24.1 Å². The number of hydrogen-bond donors (Lipinski definition) is 2. The van der Waals surface area contributed by atoms with Crippen molar-refractivity contribution < 1.29 is 47.5 Å². The molecule has 0 saturated carbocycles. The predicted octanol–water partition coefficient (Wildman–Crippen LogP) is 1.62. The summed E-state index contributed by atoms with van der Waals surface area (Å²) in [7, 11) is 0. The van der Waals surface area contributed by atoms with Gasteiger partial charge < -0.3 is 24.6 Å².